The molecule has 0 aliphatic heterocycles. The second-order valence-corrected chi connectivity index (χ2v) is 10.4. The molecule has 2 aromatic rings. The van der Waals surface area contributed by atoms with E-state index in [0.717, 1.165) is 26.1 Å². The molecule has 0 saturated carbocycles. The molecule has 0 radical (unpaired) electrons. The first-order valence-corrected chi connectivity index (χ1v) is 12.4. The highest BCUT2D eigenvalue weighted by Crippen LogP contribution is 2.15. The molecule has 1 unspecified atom stereocenters. The van der Waals surface area contributed by atoms with E-state index in [0.29, 0.717) is 5.92 Å². The zero-order valence-corrected chi connectivity index (χ0v) is 18.3. The van der Waals surface area contributed by atoms with Crippen molar-refractivity contribution in [3.05, 3.63) is 60.7 Å². The monoisotopic (exact) mass is 384 g/mol. The van der Waals surface area contributed by atoms with Crippen LogP contribution in [0.15, 0.2) is 60.7 Å². The Labute approximate surface area is 167 Å². The van der Waals surface area contributed by atoms with Gasteiger partial charge in [-0.05, 0) is 29.1 Å². The molecule has 0 bridgehead atoms. The van der Waals surface area contributed by atoms with Crippen molar-refractivity contribution in [2.75, 3.05) is 13.2 Å². The Balaban J connectivity index is 2.27. The van der Waals surface area contributed by atoms with Crippen LogP contribution >= 0.6 is 0 Å². The minimum atomic E-state index is -2.69. The van der Waals surface area contributed by atoms with Gasteiger partial charge in [0.15, 0.2) is 0 Å². The quantitative estimate of drug-likeness (QED) is 0.345. The van der Waals surface area contributed by atoms with Crippen molar-refractivity contribution >= 4 is 18.9 Å². The fraction of sp³-hybridized carbons (Fsp3) is 0.500. The molecule has 1 atom stereocenters. The molecule has 148 valence electrons. The van der Waals surface area contributed by atoms with Gasteiger partial charge in [0.2, 0.25) is 0 Å². The standard InChI is InChI=1S/C24H36O2Si/c1-4-6-7-14-20-25-27(23-15-10-8-11-16-23,24-17-12-9-13-18-24)26-21-19-22(3)5-2/h8-13,15-18,22H,4-7,14,19-21H2,1-3H3. The lowest BCUT2D eigenvalue weighted by atomic mass is 10.1. The van der Waals surface area contributed by atoms with Crippen LogP contribution < -0.4 is 10.4 Å². The number of benzene rings is 2. The number of unbranched alkanes of at least 4 members (excludes halogenated alkanes) is 3. The molecule has 0 N–H and O–H groups in total. The summed E-state index contributed by atoms with van der Waals surface area (Å²) >= 11 is 0. The molecule has 0 heterocycles. The highest BCUT2D eigenvalue weighted by molar-refractivity contribution is 6.92. The van der Waals surface area contributed by atoms with Gasteiger partial charge in [0.05, 0.1) is 0 Å². The van der Waals surface area contributed by atoms with E-state index in [-0.39, 0.29) is 0 Å². The molecule has 3 heteroatoms. The average Bonchev–Trinajstić information content (AvgIpc) is 2.73. The van der Waals surface area contributed by atoms with Crippen LogP contribution in [0.4, 0.5) is 0 Å². The predicted octanol–water partition coefficient (Wildman–Crippen LogP) is 5.29. The summed E-state index contributed by atoms with van der Waals surface area (Å²) in [5, 5.41) is 2.41. The van der Waals surface area contributed by atoms with Crippen molar-refractivity contribution < 1.29 is 8.85 Å². The maximum absolute atomic E-state index is 6.70. The lowest BCUT2D eigenvalue weighted by Crippen LogP contribution is -2.63. The van der Waals surface area contributed by atoms with Gasteiger partial charge in [0.1, 0.15) is 0 Å². The molecule has 2 nitrogen and oxygen atoms in total. The van der Waals surface area contributed by atoms with Crippen LogP contribution in [0.3, 0.4) is 0 Å². The van der Waals surface area contributed by atoms with Gasteiger partial charge in [-0.2, -0.15) is 0 Å². The summed E-state index contributed by atoms with van der Waals surface area (Å²) in [6, 6.07) is 21.2. The number of rotatable bonds is 13. The van der Waals surface area contributed by atoms with E-state index in [1.54, 1.807) is 0 Å². The summed E-state index contributed by atoms with van der Waals surface area (Å²) in [6.45, 7) is 8.29. The minimum absolute atomic E-state index is 0.674. The zero-order valence-electron chi connectivity index (χ0n) is 17.3. The molecule has 0 amide bonds. The molecular weight excluding hydrogens is 348 g/mol. The van der Waals surface area contributed by atoms with Crippen LogP contribution in [0, 0.1) is 5.92 Å². The molecule has 0 spiro atoms. The predicted molar refractivity (Wildman–Crippen MR) is 118 cm³/mol. The van der Waals surface area contributed by atoms with E-state index in [4.69, 9.17) is 8.85 Å². The van der Waals surface area contributed by atoms with Gasteiger partial charge < -0.3 is 8.85 Å². The van der Waals surface area contributed by atoms with Gasteiger partial charge in [0.25, 0.3) is 0 Å². The molecule has 0 fully saturated rings. The molecule has 0 aliphatic rings. The zero-order chi connectivity index (χ0) is 19.4. The minimum Gasteiger partial charge on any atom is -0.388 e. The Morgan fingerprint density at radius 3 is 1.81 bits per heavy atom. The summed E-state index contributed by atoms with van der Waals surface area (Å²) in [6.07, 6.45) is 7.08. The van der Waals surface area contributed by atoms with Gasteiger partial charge in [-0.1, -0.05) is 107 Å². The van der Waals surface area contributed by atoms with E-state index in [2.05, 4.69) is 81.4 Å². The number of hydrogen-bond donors (Lipinski definition) is 0. The largest absolute Gasteiger partial charge is 0.407 e. The van der Waals surface area contributed by atoms with Gasteiger partial charge in [0, 0.05) is 13.2 Å². The maximum Gasteiger partial charge on any atom is 0.407 e. The third-order valence-corrected chi connectivity index (χ3v) is 8.63. The number of hydrogen-bond acceptors (Lipinski definition) is 2. The molecule has 2 rings (SSSR count). The Hall–Kier alpha value is -1.42. The van der Waals surface area contributed by atoms with Crippen molar-refractivity contribution in [1.29, 1.82) is 0 Å². The highest BCUT2D eigenvalue weighted by atomic mass is 28.4. The van der Waals surface area contributed by atoms with Crippen LogP contribution in [-0.4, -0.2) is 21.8 Å². The van der Waals surface area contributed by atoms with E-state index >= 15 is 0 Å². The van der Waals surface area contributed by atoms with Gasteiger partial charge in [-0.3, -0.25) is 0 Å². The molecule has 27 heavy (non-hydrogen) atoms. The van der Waals surface area contributed by atoms with Crippen LogP contribution in [0.5, 0.6) is 0 Å². The lowest BCUT2D eigenvalue weighted by Gasteiger charge is -2.32. The first kappa shape index (κ1) is 21.9. The van der Waals surface area contributed by atoms with Gasteiger partial charge in [-0.15, -0.1) is 0 Å². The molecule has 2 aromatic carbocycles. The fourth-order valence-corrected chi connectivity index (χ4v) is 6.39. The summed E-state index contributed by atoms with van der Waals surface area (Å²) in [4.78, 5) is 0. The normalized spacial score (nSPS) is 12.9. The van der Waals surface area contributed by atoms with E-state index in [1.165, 1.54) is 36.1 Å². The van der Waals surface area contributed by atoms with Crippen LogP contribution in [0.2, 0.25) is 0 Å². The van der Waals surface area contributed by atoms with Crippen molar-refractivity contribution in [2.45, 2.75) is 59.3 Å². The summed E-state index contributed by atoms with van der Waals surface area (Å²) in [5.74, 6) is 0.674. The first-order valence-electron chi connectivity index (χ1n) is 10.6. The average molecular weight is 385 g/mol. The Morgan fingerprint density at radius 2 is 1.30 bits per heavy atom. The van der Waals surface area contributed by atoms with E-state index in [1.807, 2.05) is 0 Å². The second-order valence-electron chi connectivity index (χ2n) is 7.41. The first-order chi connectivity index (χ1) is 13.2. The van der Waals surface area contributed by atoms with Crippen molar-refractivity contribution in [1.82, 2.24) is 0 Å². The summed E-state index contributed by atoms with van der Waals surface area (Å²) < 4.78 is 13.4. The summed E-state index contributed by atoms with van der Waals surface area (Å²) in [5.41, 5.74) is 0. The third kappa shape index (κ3) is 6.60. The van der Waals surface area contributed by atoms with Crippen LogP contribution in [0.1, 0.15) is 59.3 Å². The van der Waals surface area contributed by atoms with Crippen LogP contribution in [-0.2, 0) is 8.85 Å². The fourth-order valence-electron chi connectivity index (χ4n) is 3.21. The molecule has 0 aromatic heterocycles. The van der Waals surface area contributed by atoms with Crippen molar-refractivity contribution in [3.8, 4) is 0 Å². The van der Waals surface area contributed by atoms with Gasteiger partial charge in [-0.25, -0.2) is 0 Å². The summed E-state index contributed by atoms with van der Waals surface area (Å²) in [7, 11) is -2.69. The SMILES string of the molecule is CCCCCCO[Si](OCCC(C)CC)(c1ccccc1)c1ccccc1. The highest BCUT2D eigenvalue weighted by Gasteiger charge is 2.42. The van der Waals surface area contributed by atoms with E-state index < -0.39 is 8.56 Å². The smallest absolute Gasteiger partial charge is 0.388 e. The Kier molecular flexibility index (Phi) is 9.82. The Bertz CT molecular complexity index is 575. The van der Waals surface area contributed by atoms with E-state index in [9.17, 15) is 0 Å². The maximum atomic E-state index is 6.70. The molecular formula is C24H36O2Si. The topological polar surface area (TPSA) is 18.5 Å². The third-order valence-electron chi connectivity index (χ3n) is 5.22. The van der Waals surface area contributed by atoms with Crippen LogP contribution in [0.25, 0.3) is 0 Å². The molecule has 0 aliphatic carbocycles. The van der Waals surface area contributed by atoms with Crippen molar-refractivity contribution in [3.63, 3.8) is 0 Å². The second kappa shape index (κ2) is 12.1. The Morgan fingerprint density at radius 1 is 0.741 bits per heavy atom. The lowest BCUT2D eigenvalue weighted by molar-refractivity contribution is 0.178. The van der Waals surface area contributed by atoms with Gasteiger partial charge >= 0.3 is 8.56 Å². The van der Waals surface area contributed by atoms with Crippen molar-refractivity contribution in [2.24, 2.45) is 5.92 Å². The molecule has 0 saturated heterocycles.